The van der Waals surface area contributed by atoms with Crippen LogP contribution < -0.4 is 0 Å². The average Bonchev–Trinajstić information content (AvgIpc) is 1.99. The minimum atomic E-state index is -0.188. The molecule has 0 amide bonds. The van der Waals surface area contributed by atoms with Crippen molar-refractivity contribution in [3.8, 4) is 6.07 Å². The molecule has 0 bridgehead atoms. The first-order valence-electron chi connectivity index (χ1n) is 3.77. The van der Waals surface area contributed by atoms with Crippen LogP contribution in [-0.2, 0) is 4.74 Å². The van der Waals surface area contributed by atoms with Gasteiger partial charge in [0.1, 0.15) is 6.10 Å². The fourth-order valence-corrected chi connectivity index (χ4v) is 0.815. The quantitative estimate of drug-likeness (QED) is 0.549. The average molecular weight is 141 g/mol. The van der Waals surface area contributed by atoms with Crippen molar-refractivity contribution in [2.45, 2.75) is 38.7 Å². The normalized spacial score (nSPS) is 12.5. The van der Waals surface area contributed by atoms with Gasteiger partial charge in [0.15, 0.2) is 0 Å². The number of methoxy groups -OCH3 is 1. The molecule has 0 aliphatic carbocycles. The lowest BCUT2D eigenvalue weighted by atomic mass is 10.1. The summed E-state index contributed by atoms with van der Waals surface area (Å²) in [6.07, 6.45) is 4.18. The Morgan fingerprint density at radius 1 is 1.50 bits per heavy atom. The molecular formula is C8H15NO. The van der Waals surface area contributed by atoms with E-state index in [0.717, 1.165) is 12.8 Å². The molecule has 0 radical (unpaired) electrons. The molecule has 0 aliphatic rings. The molecule has 0 saturated heterocycles. The summed E-state index contributed by atoms with van der Waals surface area (Å²) in [5.74, 6) is 0. The summed E-state index contributed by atoms with van der Waals surface area (Å²) in [6.45, 7) is 2.15. The molecule has 0 heterocycles. The fourth-order valence-electron chi connectivity index (χ4n) is 0.815. The molecule has 0 aromatic carbocycles. The van der Waals surface area contributed by atoms with Gasteiger partial charge in [-0.25, -0.2) is 0 Å². The lowest BCUT2D eigenvalue weighted by Crippen LogP contribution is -2.06. The molecule has 0 aromatic rings. The Morgan fingerprint density at radius 3 is 2.60 bits per heavy atom. The van der Waals surface area contributed by atoms with Crippen molar-refractivity contribution in [3.05, 3.63) is 0 Å². The topological polar surface area (TPSA) is 33.0 Å². The Balaban J connectivity index is 3.20. The molecule has 0 fully saturated rings. The number of ether oxygens (including phenoxy) is 1. The van der Waals surface area contributed by atoms with Gasteiger partial charge in [-0.15, -0.1) is 0 Å². The van der Waals surface area contributed by atoms with E-state index in [0.29, 0.717) is 0 Å². The van der Waals surface area contributed by atoms with Gasteiger partial charge in [0.25, 0.3) is 0 Å². The molecule has 2 nitrogen and oxygen atoms in total. The summed E-state index contributed by atoms with van der Waals surface area (Å²) in [7, 11) is 1.58. The van der Waals surface area contributed by atoms with E-state index in [1.165, 1.54) is 12.8 Å². The number of hydrogen-bond acceptors (Lipinski definition) is 2. The van der Waals surface area contributed by atoms with Crippen LogP contribution in [0.2, 0.25) is 0 Å². The lowest BCUT2D eigenvalue weighted by molar-refractivity contribution is 0.136. The van der Waals surface area contributed by atoms with Crippen LogP contribution >= 0.6 is 0 Å². The molecule has 0 saturated carbocycles. The third-order valence-electron chi connectivity index (χ3n) is 1.50. The van der Waals surface area contributed by atoms with Crippen LogP contribution in [0.15, 0.2) is 0 Å². The van der Waals surface area contributed by atoms with Gasteiger partial charge in [-0.2, -0.15) is 5.26 Å². The monoisotopic (exact) mass is 141 g/mol. The van der Waals surface area contributed by atoms with Gasteiger partial charge in [0.2, 0.25) is 0 Å². The first-order chi connectivity index (χ1) is 4.85. The summed E-state index contributed by atoms with van der Waals surface area (Å²) < 4.78 is 4.88. The van der Waals surface area contributed by atoms with Gasteiger partial charge < -0.3 is 4.74 Å². The number of hydrogen-bond donors (Lipinski definition) is 0. The van der Waals surface area contributed by atoms with Crippen LogP contribution in [0.3, 0.4) is 0 Å². The van der Waals surface area contributed by atoms with Crippen LogP contribution in [0, 0.1) is 11.3 Å². The first-order valence-corrected chi connectivity index (χ1v) is 3.77. The van der Waals surface area contributed by atoms with Crippen molar-refractivity contribution in [1.29, 1.82) is 5.26 Å². The van der Waals surface area contributed by atoms with Crippen molar-refractivity contribution in [3.63, 3.8) is 0 Å². The van der Waals surface area contributed by atoms with Crippen LogP contribution in [0.1, 0.15) is 32.6 Å². The van der Waals surface area contributed by atoms with Gasteiger partial charge in [-0.3, -0.25) is 0 Å². The highest BCUT2D eigenvalue weighted by atomic mass is 16.5. The second kappa shape index (κ2) is 6.57. The van der Waals surface area contributed by atoms with Crippen molar-refractivity contribution in [2.75, 3.05) is 7.11 Å². The van der Waals surface area contributed by atoms with Crippen molar-refractivity contribution in [1.82, 2.24) is 0 Å². The largest absolute Gasteiger partial charge is 0.367 e. The smallest absolute Gasteiger partial charge is 0.143 e. The summed E-state index contributed by atoms with van der Waals surface area (Å²) in [5.41, 5.74) is 0. The lowest BCUT2D eigenvalue weighted by Gasteiger charge is -2.04. The molecule has 0 aromatic heterocycles. The van der Waals surface area contributed by atoms with E-state index in [2.05, 4.69) is 13.0 Å². The van der Waals surface area contributed by atoms with E-state index in [9.17, 15) is 0 Å². The fraction of sp³-hybridized carbons (Fsp3) is 0.875. The number of rotatable bonds is 5. The Hall–Kier alpha value is -0.550. The van der Waals surface area contributed by atoms with E-state index in [1.54, 1.807) is 7.11 Å². The van der Waals surface area contributed by atoms with Gasteiger partial charge in [0.05, 0.1) is 6.07 Å². The summed E-state index contributed by atoms with van der Waals surface area (Å²) in [6, 6.07) is 2.09. The maximum absolute atomic E-state index is 8.45. The second-order valence-electron chi connectivity index (χ2n) is 2.35. The molecule has 1 atom stereocenters. The Labute approximate surface area is 62.8 Å². The van der Waals surface area contributed by atoms with Crippen molar-refractivity contribution in [2.24, 2.45) is 0 Å². The standard InChI is InChI=1S/C8H15NO/c1-3-4-5-6-8(7-9)10-2/h8H,3-6H2,1-2H3. The Kier molecular flexibility index (Phi) is 6.21. The van der Waals surface area contributed by atoms with E-state index in [-0.39, 0.29) is 6.10 Å². The van der Waals surface area contributed by atoms with Gasteiger partial charge in [0, 0.05) is 7.11 Å². The van der Waals surface area contributed by atoms with Crippen LogP contribution in [0.4, 0.5) is 0 Å². The number of unbranched alkanes of at least 4 members (excludes halogenated alkanes) is 2. The molecule has 0 rings (SSSR count). The summed E-state index contributed by atoms with van der Waals surface area (Å²) in [4.78, 5) is 0. The predicted octanol–water partition coefficient (Wildman–Crippen LogP) is 2.11. The summed E-state index contributed by atoms with van der Waals surface area (Å²) >= 11 is 0. The molecule has 0 N–H and O–H groups in total. The number of nitrogens with zero attached hydrogens (tertiary/aromatic N) is 1. The number of nitriles is 1. The van der Waals surface area contributed by atoms with E-state index in [4.69, 9.17) is 10.00 Å². The zero-order chi connectivity index (χ0) is 7.82. The highest BCUT2D eigenvalue weighted by Crippen LogP contribution is 2.04. The van der Waals surface area contributed by atoms with E-state index in [1.807, 2.05) is 0 Å². The van der Waals surface area contributed by atoms with Crippen molar-refractivity contribution >= 4 is 0 Å². The zero-order valence-electron chi connectivity index (χ0n) is 6.76. The molecule has 0 spiro atoms. The highest BCUT2D eigenvalue weighted by Gasteiger charge is 2.02. The second-order valence-corrected chi connectivity index (χ2v) is 2.35. The van der Waals surface area contributed by atoms with Crippen LogP contribution in [0.25, 0.3) is 0 Å². The van der Waals surface area contributed by atoms with Crippen LogP contribution in [-0.4, -0.2) is 13.2 Å². The maximum Gasteiger partial charge on any atom is 0.143 e. The minimum Gasteiger partial charge on any atom is -0.367 e. The van der Waals surface area contributed by atoms with Gasteiger partial charge in [-0.05, 0) is 12.8 Å². The third kappa shape index (κ3) is 4.34. The predicted molar refractivity (Wildman–Crippen MR) is 40.6 cm³/mol. The molecular weight excluding hydrogens is 126 g/mol. The van der Waals surface area contributed by atoms with Gasteiger partial charge in [-0.1, -0.05) is 19.8 Å². The Bertz CT molecular complexity index is 106. The molecule has 1 unspecified atom stereocenters. The molecule has 58 valence electrons. The summed E-state index contributed by atoms with van der Waals surface area (Å²) in [5, 5.41) is 8.45. The van der Waals surface area contributed by atoms with Crippen molar-refractivity contribution < 1.29 is 4.74 Å². The minimum absolute atomic E-state index is 0.188. The molecule has 2 heteroatoms. The third-order valence-corrected chi connectivity index (χ3v) is 1.50. The Morgan fingerprint density at radius 2 is 2.20 bits per heavy atom. The van der Waals surface area contributed by atoms with Gasteiger partial charge >= 0.3 is 0 Å². The van der Waals surface area contributed by atoms with E-state index < -0.39 is 0 Å². The molecule has 0 aliphatic heterocycles. The SMILES string of the molecule is CCCCCC(C#N)OC. The first kappa shape index (κ1) is 9.45. The maximum atomic E-state index is 8.45. The van der Waals surface area contributed by atoms with E-state index >= 15 is 0 Å². The highest BCUT2D eigenvalue weighted by molar-refractivity contribution is 4.82. The van der Waals surface area contributed by atoms with Crippen LogP contribution in [0.5, 0.6) is 0 Å². The zero-order valence-corrected chi connectivity index (χ0v) is 6.76. The molecule has 10 heavy (non-hydrogen) atoms.